The molecule has 0 saturated heterocycles. The molecule has 3 rings (SSSR count). The van der Waals surface area contributed by atoms with Crippen LogP contribution in [0.2, 0.25) is 0 Å². The first kappa shape index (κ1) is 20.8. The molecule has 4 nitrogen and oxygen atoms in total. The Bertz CT molecular complexity index is 1040. The van der Waals surface area contributed by atoms with Gasteiger partial charge in [0.2, 0.25) is 0 Å². The quantitative estimate of drug-likeness (QED) is 0.326. The van der Waals surface area contributed by atoms with Gasteiger partial charge < -0.3 is 0 Å². The van der Waals surface area contributed by atoms with Crippen molar-refractivity contribution in [2.24, 2.45) is 0 Å². The summed E-state index contributed by atoms with van der Waals surface area (Å²) in [4.78, 5) is 12.3. The monoisotopic (exact) mass is 521 g/mol. The first-order valence-electron chi connectivity index (χ1n) is 8.44. The fourth-order valence-corrected chi connectivity index (χ4v) is 4.81. The van der Waals surface area contributed by atoms with Crippen molar-refractivity contribution in [1.29, 1.82) is 0 Å². The molecule has 0 heterocycles. The molecule has 1 N–H and O–H groups in total. The first-order valence-corrected chi connectivity index (χ1v) is 11.8. The van der Waals surface area contributed by atoms with Gasteiger partial charge in [-0.15, -0.1) is 0 Å². The predicted octanol–water partition coefficient (Wildman–Crippen LogP) is 5.57. The number of anilines is 1. The first-order chi connectivity index (χ1) is 13.4. The maximum absolute atomic E-state index is 12.8. The summed E-state index contributed by atoms with van der Waals surface area (Å²) in [7, 11) is -3.66. The van der Waals surface area contributed by atoms with Gasteiger partial charge in [-0.3, -0.25) is 9.52 Å². The highest BCUT2D eigenvalue weighted by Crippen LogP contribution is 2.33. The normalized spacial score (nSPS) is 13.5. The lowest BCUT2D eigenvalue weighted by atomic mass is 10.0. The van der Waals surface area contributed by atoms with Gasteiger partial charge in [-0.1, -0.05) is 80.4 Å². The summed E-state index contributed by atoms with van der Waals surface area (Å²) in [5, 5.41) is 0. The van der Waals surface area contributed by atoms with Crippen molar-refractivity contribution in [3.8, 4) is 0 Å². The van der Waals surface area contributed by atoms with Crippen molar-refractivity contribution < 1.29 is 13.2 Å². The third kappa shape index (κ3) is 4.90. The van der Waals surface area contributed by atoms with E-state index in [4.69, 9.17) is 0 Å². The molecule has 0 aliphatic carbocycles. The molecule has 7 heteroatoms. The number of nitrogens with one attached hydrogen (secondary N) is 1. The Morgan fingerprint density at radius 3 is 1.89 bits per heavy atom. The number of hydrogen-bond acceptors (Lipinski definition) is 3. The lowest BCUT2D eigenvalue weighted by Gasteiger charge is -2.16. The molecule has 0 bridgehead atoms. The van der Waals surface area contributed by atoms with E-state index in [9.17, 15) is 13.2 Å². The largest absolute Gasteiger partial charge is 0.293 e. The second-order valence-electron chi connectivity index (χ2n) is 6.07. The molecule has 0 fully saturated rings. The SMILES string of the molecule is O=C(c1ccc(NS(=O)(=O)c2ccccc2)cc1)C(Br)C(Br)c1ccccc1. The summed E-state index contributed by atoms with van der Waals surface area (Å²) in [6, 6.07) is 24.2. The molecule has 0 amide bonds. The number of ketones is 1. The molecule has 0 aromatic heterocycles. The van der Waals surface area contributed by atoms with Gasteiger partial charge in [0, 0.05) is 11.3 Å². The lowest BCUT2D eigenvalue weighted by Crippen LogP contribution is -2.19. The molecular weight excluding hydrogens is 506 g/mol. The molecule has 144 valence electrons. The van der Waals surface area contributed by atoms with Crippen LogP contribution in [0.5, 0.6) is 0 Å². The predicted molar refractivity (Wildman–Crippen MR) is 119 cm³/mol. The highest BCUT2D eigenvalue weighted by Gasteiger charge is 2.26. The zero-order valence-electron chi connectivity index (χ0n) is 14.6. The Balaban J connectivity index is 1.72. The number of Topliss-reactive ketones (excluding diaryl/α,β-unsaturated/α-hetero) is 1. The molecule has 0 saturated carbocycles. The van der Waals surface area contributed by atoms with Crippen molar-refractivity contribution in [2.45, 2.75) is 14.5 Å². The number of rotatable bonds is 7. The van der Waals surface area contributed by atoms with Gasteiger partial charge in [-0.2, -0.15) is 0 Å². The van der Waals surface area contributed by atoms with E-state index < -0.39 is 14.9 Å². The summed E-state index contributed by atoms with van der Waals surface area (Å²) < 4.78 is 27.3. The van der Waals surface area contributed by atoms with Crippen LogP contribution in [0.15, 0.2) is 89.8 Å². The van der Waals surface area contributed by atoms with Crippen molar-refractivity contribution in [3.63, 3.8) is 0 Å². The third-order valence-corrected chi connectivity index (χ3v) is 8.21. The van der Waals surface area contributed by atoms with Crippen LogP contribution in [-0.2, 0) is 10.0 Å². The van der Waals surface area contributed by atoms with Gasteiger partial charge >= 0.3 is 0 Å². The number of sulfonamides is 1. The van der Waals surface area contributed by atoms with Gasteiger partial charge in [0.1, 0.15) is 0 Å². The number of alkyl halides is 2. The van der Waals surface area contributed by atoms with E-state index in [1.54, 1.807) is 42.5 Å². The molecule has 0 aliphatic rings. The standard InChI is InChI=1S/C21H17Br2NO3S/c22-19(15-7-3-1-4-8-15)20(23)21(25)16-11-13-17(14-12-16)24-28(26,27)18-9-5-2-6-10-18/h1-14,19-20,24H. The third-order valence-electron chi connectivity index (χ3n) is 4.10. The molecule has 28 heavy (non-hydrogen) atoms. The number of carbonyl (C=O) groups is 1. The van der Waals surface area contributed by atoms with Gasteiger partial charge in [-0.25, -0.2) is 8.42 Å². The van der Waals surface area contributed by atoms with E-state index in [2.05, 4.69) is 36.6 Å². The Kier molecular flexibility index (Phi) is 6.69. The fourth-order valence-electron chi connectivity index (χ4n) is 2.61. The van der Waals surface area contributed by atoms with Crippen molar-refractivity contribution >= 4 is 53.4 Å². The summed E-state index contributed by atoms with van der Waals surface area (Å²) in [6.45, 7) is 0. The number of hydrogen-bond donors (Lipinski definition) is 1. The minimum atomic E-state index is -3.66. The zero-order valence-corrected chi connectivity index (χ0v) is 18.6. The summed E-state index contributed by atoms with van der Waals surface area (Å²) in [5.74, 6) is -0.0943. The smallest absolute Gasteiger partial charge is 0.261 e. The van der Waals surface area contributed by atoms with Gasteiger partial charge in [-0.05, 0) is 42.0 Å². The van der Waals surface area contributed by atoms with Crippen LogP contribution in [0.4, 0.5) is 5.69 Å². The molecule has 3 aromatic carbocycles. The van der Waals surface area contributed by atoms with Crippen LogP contribution in [0.1, 0.15) is 20.7 Å². The summed E-state index contributed by atoms with van der Waals surface area (Å²) in [6.07, 6.45) is 0. The molecule has 2 atom stereocenters. The van der Waals surface area contributed by atoms with E-state index in [1.807, 2.05) is 30.3 Å². The maximum Gasteiger partial charge on any atom is 0.261 e. The van der Waals surface area contributed by atoms with Crippen LogP contribution in [0.3, 0.4) is 0 Å². The molecule has 2 unspecified atom stereocenters. The highest BCUT2D eigenvalue weighted by atomic mass is 79.9. The number of halogens is 2. The van der Waals surface area contributed by atoms with Crippen molar-refractivity contribution in [1.82, 2.24) is 0 Å². The van der Waals surface area contributed by atoms with Crippen LogP contribution in [0.25, 0.3) is 0 Å². The maximum atomic E-state index is 12.8. The van der Waals surface area contributed by atoms with Crippen molar-refractivity contribution in [2.75, 3.05) is 4.72 Å². The Morgan fingerprint density at radius 1 is 0.786 bits per heavy atom. The topological polar surface area (TPSA) is 63.2 Å². The average Bonchev–Trinajstić information content (AvgIpc) is 2.74. The van der Waals surface area contributed by atoms with E-state index in [0.29, 0.717) is 11.3 Å². The van der Waals surface area contributed by atoms with E-state index in [-0.39, 0.29) is 15.5 Å². The molecular formula is C21H17Br2NO3S. The molecule has 3 aromatic rings. The van der Waals surface area contributed by atoms with Gasteiger partial charge in [0.25, 0.3) is 10.0 Å². The van der Waals surface area contributed by atoms with E-state index >= 15 is 0 Å². The molecule has 0 spiro atoms. The van der Waals surface area contributed by atoms with E-state index in [1.165, 1.54) is 12.1 Å². The van der Waals surface area contributed by atoms with Gasteiger partial charge in [0.15, 0.2) is 5.78 Å². The zero-order chi connectivity index (χ0) is 20.1. The average molecular weight is 523 g/mol. The Labute approximate surface area is 181 Å². The van der Waals surface area contributed by atoms with E-state index in [0.717, 1.165) is 5.56 Å². The minimum absolute atomic E-state index is 0.0943. The minimum Gasteiger partial charge on any atom is -0.293 e. The van der Waals surface area contributed by atoms with Crippen molar-refractivity contribution in [3.05, 3.63) is 96.1 Å². The molecule has 0 aliphatic heterocycles. The summed E-state index contributed by atoms with van der Waals surface area (Å²) in [5.41, 5.74) is 1.87. The number of carbonyl (C=O) groups excluding carboxylic acids is 1. The van der Waals surface area contributed by atoms with Gasteiger partial charge in [0.05, 0.1) is 14.5 Å². The van der Waals surface area contributed by atoms with Crippen LogP contribution < -0.4 is 4.72 Å². The molecule has 0 radical (unpaired) electrons. The van der Waals surface area contributed by atoms with Crippen LogP contribution in [-0.4, -0.2) is 19.0 Å². The Hall–Kier alpha value is -1.96. The highest BCUT2D eigenvalue weighted by molar-refractivity contribution is 9.12. The fraction of sp³-hybridized carbons (Fsp3) is 0.0952. The Morgan fingerprint density at radius 2 is 1.32 bits per heavy atom. The second-order valence-corrected chi connectivity index (χ2v) is 9.73. The van der Waals surface area contributed by atoms with Crippen LogP contribution >= 0.6 is 31.9 Å². The summed E-state index contributed by atoms with van der Waals surface area (Å²) >= 11 is 7.04. The second kappa shape index (κ2) is 9.03. The lowest BCUT2D eigenvalue weighted by molar-refractivity contribution is 0.0991. The van der Waals surface area contributed by atoms with Crippen LogP contribution in [0, 0.1) is 0 Å². The number of benzene rings is 3.